The molecule has 1 atom stereocenters. The van der Waals surface area contributed by atoms with Crippen LogP contribution >= 0.6 is 23.2 Å². The third-order valence-electron chi connectivity index (χ3n) is 7.75. The average Bonchev–Trinajstić information content (AvgIpc) is 3.03. The highest BCUT2D eigenvalue weighted by Gasteiger charge is 2.35. The first-order valence-electron chi connectivity index (χ1n) is 15.2. The molecule has 0 unspecified atom stereocenters. The maximum Gasteiger partial charge on any atom is 0.264 e. The summed E-state index contributed by atoms with van der Waals surface area (Å²) in [5.41, 5.74) is 3.53. The van der Waals surface area contributed by atoms with E-state index in [1.165, 1.54) is 17.0 Å². The van der Waals surface area contributed by atoms with Gasteiger partial charge in [0.1, 0.15) is 12.6 Å². The Labute approximate surface area is 282 Å². The summed E-state index contributed by atoms with van der Waals surface area (Å²) in [6.45, 7) is 7.42. The van der Waals surface area contributed by atoms with Crippen molar-refractivity contribution in [1.29, 1.82) is 0 Å². The van der Waals surface area contributed by atoms with Crippen molar-refractivity contribution >= 4 is 50.7 Å². The fourth-order valence-electron chi connectivity index (χ4n) is 5.09. The number of hydrogen-bond donors (Lipinski definition) is 1. The van der Waals surface area contributed by atoms with Gasteiger partial charge in [0.2, 0.25) is 11.8 Å². The van der Waals surface area contributed by atoms with Gasteiger partial charge in [-0.2, -0.15) is 0 Å². The lowest BCUT2D eigenvalue weighted by atomic mass is 10.0. The van der Waals surface area contributed by atoms with Crippen LogP contribution in [0.5, 0.6) is 0 Å². The summed E-state index contributed by atoms with van der Waals surface area (Å²) in [7, 11) is -4.20. The van der Waals surface area contributed by atoms with Crippen LogP contribution in [0.25, 0.3) is 0 Å². The van der Waals surface area contributed by atoms with E-state index in [0.717, 1.165) is 21.0 Å². The maximum atomic E-state index is 14.6. The van der Waals surface area contributed by atoms with Crippen LogP contribution in [0, 0.1) is 6.92 Å². The summed E-state index contributed by atoms with van der Waals surface area (Å²) in [5, 5.41) is 3.50. The molecule has 4 aromatic carbocycles. The Bertz CT molecular complexity index is 1730. The van der Waals surface area contributed by atoms with E-state index < -0.39 is 28.5 Å². The zero-order valence-electron chi connectivity index (χ0n) is 26.4. The first-order chi connectivity index (χ1) is 21.9. The maximum absolute atomic E-state index is 14.6. The standard InChI is InChI=1S/C36H39Cl2N3O4S/c1-5-39-36(43)34(22-27-10-7-6-8-11-27)40(23-31-32(37)12-9-13-33(31)38)35(42)24-41(29-18-16-28(17-19-29)25(2)3)46(44,45)30-20-14-26(4)15-21-30/h6-21,25,34H,5,22-24H2,1-4H3,(H,39,43)/t34-/m0/s1. The van der Waals surface area contributed by atoms with Crippen LogP contribution in [-0.4, -0.2) is 44.3 Å². The Morgan fingerprint density at radius 2 is 1.43 bits per heavy atom. The molecule has 7 nitrogen and oxygen atoms in total. The smallest absolute Gasteiger partial charge is 0.264 e. The normalized spacial score (nSPS) is 12.1. The lowest BCUT2D eigenvalue weighted by Crippen LogP contribution is -2.53. The van der Waals surface area contributed by atoms with Crippen LogP contribution < -0.4 is 9.62 Å². The van der Waals surface area contributed by atoms with Gasteiger partial charge in [0.05, 0.1) is 10.6 Å². The molecule has 10 heteroatoms. The topological polar surface area (TPSA) is 86.8 Å². The second-order valence-electron chi connectivity index (χ2n) is 11.4. The van der Waals surface area contributed by atoms with Crippen molar-refractivity contribution in [3.05, 3.63) is 129 Å². The van der Waals surface area contributed by atoms with Crippen LogP contribution in [0.4, 0.5) is 5.69 Å². The minimum atomic E-state index is -4.20. The largest absolute Gasteiger partial charge is 0.355 e. The number of rotatable bonds is 13. The SMILES string of the molecule is CCNC(=O)[C@H](Cc1ccccc1)N(Cc1c(Cl)cccc1Cl)C(=O)CN(c1ccc(C(C)C)cc1)S(=O)(=O)c1ccc(C)cc1. The van der Waals surface area contributed by atoms with E-state index >= 15 is 0 Å². The molecule has 0 aliphatic heterocycles. The molecule has 0 aliphatic carbocycles. The van der Waals surface area contributed by atoms with E-state index in [-0.39, 0.29) is 29.7 Å². The van der Waals surface area contributed by atoms with Gasteiger partial charge >= 0.3 is 0 Å². The Hall–Kier alpha value is -3.85. The van der Waals surface area contributed by atoms with E-state index in [4.69, 9.17) is 23.2 Å². The zero-order chi connectivity index (χ0) is 33.4. The van der Waals surface area contributed by atoms with Crippen molar-refractivity contribution in [3.8, 4) is 0 Å². The monoisotopic (exact) mass is 679 g/mol. The van der Waals surface area contributed by atoms with E-state index in [1.807, 2.05) is 63.2 Å². The number of benzene rings is 4. The molecule has 0 bridgehead atoms. The first-order valence-corrected chi connectivity index (χ1v) is 17.3. The molecule has 242 valence electrons. The number of aryl methyl sites for hydroxylation is 1. The number of nitrogens with zero attached hydrogens (tertiary/aromatic N) is 2. The Morgan fingerprint density at radius 3 is 2.00 bits per heavy atom. The van der Waals surface area contributed by atoms with Gasteiger partial charge in [0.15, 0.2) is 0 Å². The van der Waals surface area contributed by atoms with Gasteiger partial charge in [0, 0.05) is 35.1 Å². The molecule has 0 radical (unpaired) electrons. The summed E-state index contributed by atoms with van der Waals surface area (Å²) in [6.07, 6.45) is 0.189. The summed E-state index contributed by atoms with van der Waals surface area (Å²) in [5.74, 6) is -0.742. The quantitative estimate of drug-likeness (QED) is 0.160. The molecule has 0 fully saturated rings. The van der Waals surface area contributed by atoms with Crippen molar-refractivity contribution in [3.63, 3.8) is 0 Å². The van der Waals surface area contributed by atoms with E-state index in [2.05, 4.69) is 5.32 Å². The fourth-order valence-corrected chi connectivity index (χ4v) is 7.02. The Balaban J connectivity index is 1.83. The number of halogens is 2. The highest BCUT2D eigenvalue weighted by atomic mass is 35.5. The molecule has 0 aliphatic rings. The predicted octanol–water partition coefficient (Wildman–Crippen LogP) is 7.40. The molecule has 0 saturated heterocycles. The minimum Gasteiger partial charge on any atom is -0.355 e. The minimum absolute atomic E-state index is 0.0455. The van der Waals surface area contributed by atoms with Gasteiger partial charge in [-0.1, -0.05) is 103 Å². The number of amides is 2. The predicted molar refractivity (Wildman–Crippen MR) is 186 cm³/mol. The number of carbonyl (C=O) groups is 2. The Kier molecular flexibility index (Phi) is 11.9. The third-order valence-corrected chi connectivity index (χ3v) is 10.2. The Morgan fingerprint density at radius 1 is 0.826 bits per heavy atom. The molecule has 46 heavy (non-hydrogen) atoms. The van der Waals surface area contributed by atoms with Crippen molar-refractivity contribution in [1.82, 2.24) is 10.2 Å². The lowest BCUT2D eigenvalue weighted by molar-refractivity contribution is -0.140. The van der Waals surface area contributed by atoms with Gasteiger partial charge in [0.25, 0.3) is 10.0 Å². The van der Waals surface area contributed by atoms with Crippen LogP contribution in [0.15, 0.2) is 102 Å². The molecule has 0 aromatic heterocycles. The summed E-state index contributed by atoms with van der Waals surface area (Å²) >= 11 is 13.1. The van der Waals surface area contributed by atoms with E-state index in [9.17, 15) is 18.0 Å². The zero-order valence-corrected chi connectivity index (χ0v) is 28.7. The average molecular weight is 681 g/mol. The van der Waals surface area contributed by atoms with E-state index in [0.29, 0.717) is 27.8 Å². The highest BCUT2D eigenvalue weighted by Crippen LogP contribution is 2.30. The number of carbonyl (C=O) groups excluding carboxylic acids is 2. The summed E-state index contributed by atoms with van der Waals surface area (Å²) in [4.78, 5) is 29.6. The van der Waals surface area contributed by atoms with E-state index in [1.54, 1.807) is 49.4 Å². The van der Waals surface area contributed by atoms with Crippen molar-refractivity contribution in [2.75, 3.05) is 17.4 Å². The van der Waals surface area contributed by atoms with Crippen LogP contribution in [0.2, 0.25) is 10.0 Å². The summed E-state index contributed by atoms with van der Waals surface area (Å²) in [6, 6.07) is 27.0. The molecule has 2 amide bonds. The van der Waals surface area contributed by atoms with Crippen molar-refractivity contribution in [2.24, 2.45) is 0 Å². The van der Waals surface area contributed by atoms with Gasteiger partial charge in [-0.3, -0.25) is 13.9 Å². The molecule has 0 heterocycles. The number of anilines is 1. The number of nitrogens with one attached hydrogen (secondary N) is 1. The van der Waals surface area contributed by atoms with Gasteiger partial charge in [-0.05, 0) is 67.3 Å². The van der Waals surface area contributed by atoms with Crippen LogP contribution in [0.1, 0.15) is 48.9 Å². The first kappa shape index (κ1) is 35.0. The van der Waals surface area contributed by atoms with Crippen LogP contribution in [0.3, 0.4) is 0 Å². The number of sulfonamides is 1. The van der Waals surface area contributed by atoms with Gasteiger partial charge in [-0.25, -0.2) is 8.42 Å². The van der Waals surface area contributed by atoms with Crippen LogP contribution in [-0.2, 0) is 32.6 Å². The molecule has 4 aromatic rings. The van der Waals surface area contributed by atoms with Crippen molar-refractivity contribution in [2.45, 2.75) is 57.5 Å². The van der Waals surface area contributed by atoms with Gasteiger partial charge < -0.3 is 10.2 Å². The molecule has 4 rings (SSSR count). The number of hydrogen-bond acceptors (Lipinski definition) is 4. The highest BCUT2D eigenvalue weighted by molar-refractivity contribution is 7.92. The second-order valence-corrected chi connectivity index (χ2v) is 14.1. The molecule has 0 saturated carbocycles. The van der Waals surface area contributed by atoms with Crippen molar-refractivity contribution < 1.29 is 18.0 Å². The molecular formula is C36H39Cl2N3O4S. The van der Waals surface area contributed by atoms with Gasteiger partial charge in [-0.15, -0.1) is 0 Å². The summed E-state index contributed by atoms with van der Waals surface area (Å²) < 4.78 is 29.5. The molecular weight excluding hydrogens is 641 g/mol. The fraction of sp³-hybridized carbons (Fsp3) is 0.278. The molecule has 1 N–H and O–H groups in total. The molecule has 0 spiro atoms. The number of likely N-dealkylation sites (N-methyl/N-ethyl adjacent to an activating group) is 1. The second kappa shape index (κ2) is 15.6. The third kappa shape index (κ3) is 8.49. The lowest BCUT2D eigenvalue weighted by Gasteiger charge is -2.34.